The molecule has 0 radical (unpaired) electrons. The summed E-state index contributed by atoms with van der Waals surface area (Å²) in [6.07, 6.45) is 6.45. The Kier molecular flexibility index (Phi) is 2.90. The fourth-order valence-corrected chi connectivity index (χ4v) is 4.71. The Morgan fingerprint density at radius 3 is 2.45 bits per heavy atom. The van der Waals surface area contributed by atoms with Gasteiger partial charge in [0, 0.05) is 0 Å². The molecule has 1 aliphatic heterocycles. The summed E-state index contributed by atoms with van der Waals surface area (Å²) in [5, 5.41) is 0. The normalized spacial score (nSPS) is 43.2. The fourth-order valence-electron chi connectivity index (χ4n) is 4.71. The van der Waals surface area contributed by atoms with E-state index in [9.17, 15) is 9.59 Å². The predicted molar refractivity (Wildman–Crippen MR) is 75.7 cm³/mol. The Bertz CT molecular complexity index is 502. The minimum Gasteiger partial charge on any atom is -0.393 e. The van der Waals surface area contributed by atoms with Crippen LogP contribution < -0.4 is 0 Å². The van der Waals surface area contributed by atoms with E-state index in [4.69, 9.17) is 4.74 Å². The largest absolute Gasteiger partial charge is 0.393 e. The van der Waals surface area contributed by atoms with Crippen LogP contribution in [0.2, 0.25) is 0 Å². The maximum absolute atomic E-state index is 12.2. The van der Waals surface area contributed by atoms with E-state index in [1.54, 1.807) is 0 Å². The van der Waals surface area contributed by atoms with Crippen molar-refractivity contribution in [1.29, 1.82) is 0 Å². The van der Waals surface area contributed by atoms with Crippen LogP contribution in [0.15, 0.2) is 11.6 Å². The highest BCUT2D eigenvalue weighted by Crippen LogP contribution is 2.61. The lowest BCUT2D eigenvalue weighted by Gasteiger charge is -2.47. The lowest BCUT2D eigenvalue weighted by atomic mass is 9.55. The van der Waals surface area contributed by atoms with Crippen molar-refractivity contribution in [2.45, 2.75) is 53.4 Å². The molecule has 20 heavy (non-hydrogen) atoms. The molecule has 1 saturated heterocycles. The van der Waals surface area contributed by atoms with Gasteiger partial charge in [0.15, 0.2) is 0 Å². The van der Waals surface area contributed by atoms with E-state index in [0.717, 1.165) is 6.42 Å². The Labute approximate surface area is 120 Å². The summed E-state index contributed by atoms with van der Waals surface area (Å²) in [6, 6.07) is 0. The highest BCUT2D eigenvalue weighted by atomic mass is 16.6. The maximum Gasteiger partial charge on any atom is 0.318 e. The summed E-state index contributed by atoms with van der Waals surface area (Å²) < 4.78 is 4.95. The van der Waals surface area contributed by atoms with Crippen molar-refractivity contribution >= 4 is 11.9 Å². The van der Waals surface area contributed by atoms with Gasteiger partial charge >= 0.3 is 11.9 Å². The zero-order valence-corrected chi connectivity index (χ0v) is 12.9. The van der Waals surface area contributed by atoms with Gasteiger partial charge < -0.3 is 4.74 Å². The van der Waals surface area contributed by atoms with E-state index in [-0.39, 0.29) is 40.5 Å². The minimum atomic E-state index is -0.308. The number of rotatable bonds is 1. The second-order valence-corrected chi connectivity index (χ2v) is 7.77. The van der Waals surface area contributed by atoms with Crippen LogP contribution in [0, 0.1) is 28.6 Å². The Hall–Kier alpha value is -1.12. The number of ether oxygens (including phenoxy) is 1. The van der Waals surface area contributed by atoms with Crippen molar-refractivity contribution in [3.63, 3.8) is 0 Å². The summed E-state index contributed by atoms with van der Waals surface area (Å²) in [5.41, 5.74) is 1.50. The van der Waals surface area contributed by atoms with Gasteiger partial charge in [-0.3, -0.25) is 9.59 Å². The quantitative estimate of drug-likeness (QED) is 0.418. The molecular formula is C17H24O3. The topological polar surface area (TPSA) is 43.4 Å². The number of carbonyl (C=O) groups is 2. The molecule has 4 atom stereocenters. The first-order valence-electron chi connectivity index (χ1n) is 7.69. The van der Waals surface area contributed by atoms with Crippen LogP contribution in [0.25, 0.3) is 0 Å². The monoisotopic (exact) mass is 276 g/mol. The summed E-state index contributed by atoms with van der Waals surface area (Å²) in [5.74, 6) is -0.966. The summed E-state index contributed by atoms with van der Waals surface area (Å²) >= 11 is 0. The number of cyclic esters (lactones) is 2. The third-order valence-corrected chi connectivity index (χ3v) is 6.38. The van der Waals surface area contributed by atoms with Crippen LogP contribution in [0.5, 0.6) is 0 Å². The highest BCUT2D eigenvalue weighted by molar-refractivity contribution is 5.97. The number of hydrogen-bond acceptors (Lipinski definition) is 3. The third kappa shape index (κ3) is 1.71. The number of carbonyl (C=O) groups excluding carboxylic acids is 2. The summed E-state index contributed by atoms with van der Waals surface area (Å²) in [4.78, 5) is 24.1. The predicted octanol–water partition coefficient (Wildman–Crippen LogP) is 3.48. The average Bonchev–Trinajstić information content (AvgIpc) is 2.77. The van der Waals surface area contributed by atoms with Gasteiger partial charge in [0.05, 0.1) is 11.8 Å². The highest BCUT2D eigenvalue weighted by Gasteiger charge is 2.59. The molecule has 0 aromatic carbocycles. The molecule has 0 aromatic heterocycles. The molecule has 0 amide bonds. The molecule has 3 rings (SSSR count). The van der Waals surface area contributed by atoms with Crippen molar-refractivity contribution in [3.05, 3.63) is 11.6 Å². The Morgan fingerprint density at radius 1 is 1.15 bits per heavy atom. The lowest BCUT2D eigenvalue weighted by Crippen LogP contribution is -2.44. The van der Waals surface area contributed by atoms with Crippen molar-refractivity contribution < 1.29 is 14.3 Å². The van der Waals surface area contributed by atoms with Crippen molar-refractivity contribution in [3.8, 4) is 0 Å². The first kappa shape index (κ1) is 13.8. The van der Waals surface area contributed by atoms with Crippen molar-refractivity contribution in [1.82, 2.24) is 0 Å². The summed E-state index contributed by atoms with van der Waals surface area (Å²) in [7, 11) is 0. The van der Waals surface area contributed by atoms with Crippen LogP contribution in [0.3, 0.4) is 0 Å². The van der Waals surface area contributed by atoms with Gasteiger partial charge in [-0.1, -0.05) is 38.8 Å². The SMILES string of the molecule is CC1=CC([C@]2(C)CCCC2(C)C)C2C(=O)OC(=O)C2C1. The van der Waals surface area contributed by atoms with Crippen molar-refractivity contribution in [2.75, 3.05) is 0 Å². The van der Waals surface area contributed by atoms with E-state index >= 15 is 0 Å². The second kappa shape index (κ2) is 4.19. The van der Waals surface area contributed by atoms with E-state index in [2.05, 4.69) is 33.8 Å². The third-order valence-electron chi connectivity index (χ3n) is 6.38. The van der Waals surface area contributed by atoms with Gasteiger partial charge in [-0.05, 0) is 42.9 Å². The molecule has 3 aliphatic rings. The van der Waals surface area contributed by atoms with Gasteiger partial charge in [-0.15, -0.1) is 0 Å². The molecule has 1 saturated carbocycles. The van der Waals surface area contributed by atoms with Gasteiger partial charge in [0.25, 0.3) is 0 Å². The first-order valence-corrected chi connectivity index (χ1v) is 7.69. The van der Waals surface area contributed by atoms with E-state index in [0.29, 0.717) is 6.42 Å². The molecule has 2 aliphatic carbocycles. The van der Waals surface area contributed by atoms with Crippen LogP contribution in [-0.2, 0) is 14.3 Å². The number of fused-ring (bicyclic) bond motifs is 1. The summed E-state index contributed by atoms with van der Waals surface area (Å²) in [6.45, 7) is 8.97. The lowest BCUT2D eigenvalue weighted by molar-refractivity contribution is -0.154. The zero-order valence-electron chi connectivity index (χ0n) is 12.9. The van der Waals surface area contributed by atoms with Gasteiger partial charge in [0.1, 0.15) is 0 Å². The number of hydrogen-bond donors (Lipinski definition) is 0. The van der Waals surface area contributed by atoms with Gasteiger partial charge in [0.2, 0.25) is 0 Å². The van der Waals surface area contributed by atoms with E-state index in [1.165, 1.54) is 18.4 Å². The van der Waals surface area contributed by atoms with E-state index in [1.807, 2.05) is 0 Å². The molecule has 1 heterocycles. The Morgan fingerprint density at radius 2 is 1.85 bits per heavy atom. The van der Waals surface area contributed by atoms with E-state index < -0.39 is 0 Å². The molecule has 0 spiro atoms. The Balaban J connectivity index is 2.05. The van der Waals surface area contributed by atoms with Crippen LogP contribution in [0.4, 0.5) is 0 Å². The second-order valence-electron chi connectivity index (χ2n) is 7.77. The van der Waals surface area contributed by atoms with Crippen LogP contribution in [-0.4, -0.2) is 11.9 Å². The molecule has 3 unspecified atom stereocenters. The number of esters is 2. The molecular weight excluding hydrogens is 252 g/mol. The molecule has 0 N–H and O–H groups in total. The molecule has 0 aromatic rings. The molecule has 110 valence electrons. The van der Waals surface area contributed by atoms with Gasteiger partial charge in [-0.25, -0.2) is 0 Å². The van der Waals surface area contributed by atoms with Crippen molar-refractivity contribution in [2.24, 2.45) is 28.6 Å². The standard InChI is InChI=1S/C17H24O3/c1-10-8-11-13(15(19)20-14(11)18)12(9-10)17(4)7-5-6-16(17,2)3/h9,11-13H,5-8H2,1-4H3/t11?,12?,13?,17-/m0/s1. The van der Waals surface area contributed by atoms with Gasteiger partial charge in [-0.2, -0.15) is 0 Å². The first-order chi connectivity index (χ1) is 9.26. The molecule has 3 heteroatoms. The molecule has 2 fully saturated rings. The molecule has 3 nitrogen and oxygen atoms in total. The minimum absolute atomic E-state index is 0.0707. The van der Waals surface area contributed by atoms with Crippen LogP contribution >= 0.6 is 0 Å². The number of allylic oxidation sites excluding steroid dienone is 2. The zero-order chi connectivity index (χ0) is 14.7. The smallest absolute Gasteiger partial charge is 0.318 e. The molecule has 0 bridgehead atoms. The maximum atomic E-state index is 12.2. The average molecular weight is 276 g/mol. The van der Waals surface area contributed by atoms with Crippen LogP contribution in [0.1, 0.15) is 53.4 Å². The fraction of sp³-hybridized carbons (Fsp3) is 0.765.